The van der Waals surface area contributed by atoms with Crippen LogP contribution in [0.2, 0.25) is 0 Å². The molecule has 1 aliphatic rings. The van der Waals surface area contributed by atoms with E-state index in [-0.39, 0.29) is 11.1 Å². The van der Waals surface area contributed by atoms with E-state index < -0.39 is 23.7 Å². The standard InChI is InChI=1S/C16H10BrNO4/c17-9-5-7-10(8-6-9)18-14(19)12-4-2-1-3-11(12)13(15(18)20)16(21)22/h1-8,13H,(H,21,22). The van der Waals surface area contributed by atoms with Gasteiger partial charge in [0.2, 0.25) is 0 Å². The summed E-state index contributed by atoms with van der Waals surface area (Å²) >= 11 is 3.28. The van der Waals surface area contributed by atoms with Crippen molar-refractivity contribution in [2.24, 2.45) is 0 Å². The van der Waals surface area contributed by atoms with Crippen LogP contribution in [-0.4, -0.2) is 22.9 Å². The van der Waals surface area contributed by atoms with Crippen LogP contribution < -0.4 is 4.90 Å². The summed E-state index contributed by atoms with van der Waals surface area (Å²) in [5, 5.41) is 9.38. The molecule has 1 atom stereocenters. The van der Waals surface area contributed by atoms with Gasteiger partial charge in [0.1, 0.15) is 0 Å². The largest absolute Gasteiger partial charge is 0.480 e. The average Bonchev–Trinajstić information content (AvgIpc) is 2.49. The molecule has 6 heteroatoms. The number of hydrogen-bond acceptors (Lipinski definition) is 3. The quantitative estimate of drug-likeness (QED) is 0.660. The molecular formula is C16H10BrNO4. The second kappa shape index (κ2) is 5.38. The average molecular weight is 360 g/mol. The van der Waals surface area contributed by atoms with Crippen molar-refractivity contribution < 1.29 is 19.5 Å². The van der Waals surface area contributed by atoms with E-state index >= 15 is 0 Å². The van der Waals surface area contributed by atoms with E-state index in [1.807, 2.05) is 0 Å². The molecule has 0 aliphatic carbocycles. The van der Waals surface area contributed by atoms with Crippen molar-refractivity contribution in [2.45, 2.75) is 5.92 Å². The Morgan fingerprint density at radius 3 is 2.32 bits per heavy atom. The summed E-state index contributed by atoms with van der Waals surface area (Å²) in [6, 6.07) is 12.8. The van der Waals surface area contributed by atoms with Crippen LogP contribution in [0.4, 0.5) is 5.69 Å². The lowest BCUT2D eigenvalue weighted by atomic mass is 9.88. The molecule has 0 spiro atoms. The SMILES string of the molecule is O=C(O)C1C(=O)N(c2ccc(Br)cc2)C(=O)c2ccccc21. The second-order valence-electron chi connectivity index (χ2n) is 4.81. The van der Waals surface area contributed by atoms with E-state index in [4.69, 9.17) is 0 Å². The fourth-order valence-electron chi connectivity index (χ4n) is 2.50. The zero-order valence-electron chi connectivity index (χ0n) is 11.2. The van der Waals surface area contributed by atoms with Gasteiger partial charge in [-0.25, -0.2) is 4.90 Å². The highest BCUT2D eigenvalue weighted by atomic mass is 79.9. The topological polar surface area (TPSA) is 74.7 Å². The van der Waals surface area contributed by atoms with Gasteiger partial charge in [0.25, 0.3) is 11.8 Å². The van der Waals surface area contributed by atoms with Gasteiger partial charge in [0, 0.05) is 10.0 Å². The molecule has 0 bridgehead atoms. The van der Waals surface area contributed by atoms with Gasteiger partial charge in [-0.05, 0) is 35.9 Å². The third-order valence-electron chi connectivity index (χ3n) is 3.50. The Balaban J connectivity index is 2.17. The van der Waals surface area contributed by atoms with Crippen LogP contribution in [0.1, 0.15) is 21.8 Å². The van der Waals surface area contributed by atoms with Crippen LogP contribution in [0, 0.1) is 0 Å². The number of aliphatic carboxylic acids is 1. The zero-order valence-corrected chi connectivity index (χ0v) is 12.8. The number of carboxylic acid groups (broad SMARTS) is 1. The van der Waals surface area contributed by atoms with Crippen molar-refractivity contribution in [1.29, 1.82) is 0 Å². The fraction of sp³-hybridized carbons (Fsp3) is 0.0625. The summed E-state index contributed by atoms with van der Waals surface area (Å²) in [4.78, 5) is 37.5. The van der Waals surface area contributed by atoms with Crippen molar-refractivity contribution in [3.8, 4) is 0 Å². The molecule has 1 heterocycles. The number of amides is 2. The maximum Gasteiger partial charge on any atom is 0.320 e. The number of carboxylic acids is 1. The lowest BCUT2D eigenvalue weighted by Gasteiger charge is -2.30. The number of carbonyl (C=O) groups excluding carboxylic acids is 2. The van der Waals surface area contributed by atoms with Gasteiger partial charge in [-0.15, -0.1) is 0 Å². The highest BCUT2D eigenvalue weighted by molar-refractivity contribution is 9.10. The Hall–Kier alpha value is -2.47. The summed E-state index contributed by atoms with van der Waals surface area (Å²) in [7, 11) is 0. The normalized spacial score (nSPS) is 17.3. The van der Waals surface area contributed by atoms with Crippen LogP contribution in [0.25, 0.3) is 0 Å². The van der Waals surface area contributed by atoms with E-state index in [1.165, 1.54) is 12.1 Å². The zero-order chi connectivity index (χ0) is 15.9. The van der Waals surface area contributed by atoms with E-state index in [2.05, 4.69) is 15.9 Å². The lowest BCUT2D eigenvalue weighted by Crippen LogP contribution is -2.47. The lowest BCUT2D eigenvalue weighted by molar-refractivity contribution is -0.142. The molecule has 0 saturated heterocycles. The number of nitrogens with zero attached hydrogens (tertiary/aromatic N) is 1. The van der Waals surface area contributed by atoms with E-state index in [1.54, 1.807) is 36.4 Å². The molecule has 0 fully saturated rings. The number of benzene rings is 2. The predicted molar refractivity (Wildman–Crippen MR) is 82.8 cm³/mol. The Morgan fingerprint density at radius 2 is 1.68 bits per heavy atom. The van der Waals surface area contributed by atoms with Crippen LogP contribution >= 0.6 is 15.9 Å². The third kappa shape index (κ3) is 2.21. The molecule has 2 amide bonds. The van der Waals surface area contributed by atoms with Crippen LogP contribution in [0.15, 0.2) is 53.0 Å². The highest BCUT2D eigenvalue weighted by Gasteiger charge is 2.43. The Morgan fingerprint density at radius 1 is 1.05 bits per heavy atom. The van der Waals surface area contributed by atoms with Crippen molar-refractivity contribution in [3.63, 3.8) is 0 Å². The van der Waals surface area contributed by atoms with Crippen LogP contribution in [0.5, 0.6) is 0 Å². The Labute approximate surface area is 134 Å². The van der Waals surface area contributed by atoms with Crippen LogP contribution in [-0.2, 0) is 9.59 Å². The number of halogens is 1. The highest BCUT2D eigenvalue weighted by Crippen LogP contribution is 2.33. The van der Waals surface area contributed by atoms with Crippen LogP contribution in [0.3, 0.4) is 0 Å². The van der Waals surface area contributed by atoms with Crippen molar-refractivity contribution >= 4 is 39.4 Å². The summed E-state index contributed by atoms with van der Waals surface area (Å²) in [6.45, 7) is 0. The molecule has 3 rings (SSSR count). The first-order chi connectivity index (χ1) is 10.5. The van der Waals surface area contributed by atoms with Gasteiger partial charge < -0.3 is 5.11 Å². The Kier molecular flexibility index (Phi) is 3.54. The van der Waals surface area contributed by atoms with Crippen molar-refractivity contribution in [3.05, 3.63) is 64.1 Å². The molecule has 110 valence electrons. The molecule has 1 aliphatic heterocycles. The summed E-state index contributed by atoms with van der Waals surface area (Å²) in [5.41, 5.74) is 0.815. The van der Waals surface area contributed by atoms with E-state index in [9.17, 15) is 19.5 Å². The van der Waals surface area contributed by atoms with Gasteiger partial charge in [0.05, 0.1) is 5.69 Å². The molecular weight excluding hydrogens is 350 g/mol. The smallest absolute Gasteiger partial charge is 0.320 e. The summed E-state index contributed by atoms with van der Waals surface area (Å²) in [5.74, 6) is -3.91. The van der Waals surface area contributed by atoms with Gasteiger partial charge in [-0.3, -0.25) is 14.4 Å². The van der Waals surface area contributed by atoms with Gasteiger partial charge in [-0.2, -0.15) is 0 Å². The minimum atomic E-state index is -1.38. The number of hydrogen-bond donors (Lipinski definition) is 1. The minimum Gasteiger partial charge on any atom is -0.480 e. The number of rotatable bonds is 2. The van der Waals surface area contributed by atoms with Gasteiger partial charge in [-0.1, -0.05) is 34.1 Å². The fourth-order valence-corrected chi connectivity index (χ4v) is 2.76. The maximum absolute atomic E-state index is 12.6. The second-order valence-corrected chi connectivity index (χ2v) is 5.73. The first-order valence-electron chi connectivity index (χ1n) is 6.46. The molecule has 2 aromatic carbocycles. The maximum atomic E-state index is 12.6. The molecule has 0 saturated carbocycles. The third-order valence-corrected chi connectivity index (χ3v) is 4.03. The number of fused-ring (bicyclic) bond motifs is 1. The molecule has 2 aromatic rings. The predicted octanol–water partition coefficient (Wildman–Crippen LogP) is 2.80. The van der Waals surface area contributed by atoms with Gasteiger partial charge in [0.15, 0.2) is 5.92 Å². The van der Waals surface area contributed by atoms with Crippen molar-refractivity contribution in [2.75, 3.05) is 4.90 Å². The van der Waals surface area contributed by atoms with Gasteiger partial charge >= 0.3 is 5.97 Å². The number of carbonyl (C=O) groups is 3. The molecule has 1 unspecified atom stereocenters. The van der Waals surface area contributed by atoms with E-state index in [0.717, 1.165) is 9.37 Å². The first-order valence-corrected chi connectivity index (χ1v) is 7.25. The molecule has 0 radical (unpaired) electrons. The van der Waals surface area contributed by atoms with E-state index in [0.29, 0.717) is 5.69 Å². The van der Waals surface area contributed by atoms with Crippen molar-refractivity contribution in [1.82, 2.24) is 0 Å². The monoisotopic (exact) mass is 359 g/mol. The molecule has 1 N–H and O–H groups in total. The first kappa shape index (κ1) is 14.5. The molecule has 0 aromatic heterocycles. The number of imide groups is 1. The molecule has 22 heavy (non-hydrogen) atoms. The molecule has 5 nitrogen and oxygen atoms in total. The number of anilines is 1. The minimum absolute atomic E-state index is 0.234. The summed E-state index contributed by atoms with van der Waals surface area (Å²) in [6.07, 6.45) is 0. The summed E-state index contributed by atoms with van der Waals surface area (Å²) < 4.78 is 0.795. The Bertz CT molecular complexity index is 785.